The van der Waals surface area contributed by atoms with E-state index < -0.39 is 12.1 Å². The lowest BCUT2D eigenvalue weighted by molar-refractivity contribution is -0.130. The first-order valence-corrected chi connectivity index (χ1v) is 10.1. The van der Waals surface area contributed by atoms with E-state index in [-0.39, 0.29) is 31.1 Å². The predicted molar refractivity (Wildman–Crippen MR) is 112 cm³/mol. The van der Waals surface area contributed by atoms with Crippen LogP contribution >= 0.6 is 0 Å². The van der Waals surface area contributed by atoms with E-state index in [1.807, 2.05) is 0 Å². The van der Waals surface area contributed by atoms with E-state index in [2.05, 4.69) is 25.9 Å². The van der Waals surface area contributed by atoms with Crippen LogP contribution in [0.25, 0.3) is 0 Å². The number of ether oxygens (including phenoxy) is 2. The van der Waals surface area contributed by atoms with Crippen LogP contribution in [0.5, 0.6) is 5.75 Å². The molecule has 2 aromatic rings. The quantitative estimate of drug-likeness (QED) is 0.496. The summed E-state index contributed by atoms with van der Waals surface area (Å²) in [5, 5.41) is 18.1. The summed E-state index contributed by atoms with van der Waals surface area (Å²) in [7, 11) is 1.55. The highest BCUT2D eigenvalue weighted by Gasteiger charge is 2.32. The molecule has 3 rings (SSSR count). The summed E-state index contributed by atoms with van der Waals surface area (Å²) in [5.41, 5.74) is 1.31. The lowest BCUT2D eigenvalue weighted by Gasteiger charge is -2.35. The molecule has 1 aliphatic rings. The van der Waals surface area contributed by atoms with Gasteiger partial charge in [-0.1, -0.05) is 6.07 Å². The Labute approximate surface area is 180 Å². The topological polar surface area (TPSA) is 135 Å². The maximum atomic E-state index is 12.3. The number of amides is 3. The van der Waals surface area contributed by atoms with Crippen LogP contribution < -0.4 is 20.7 Å². The van der Waals surface area contributed by atoms with Gasteiger partial charge < -0.3 is 30.5 Å². The zero-order chi connectivity index (χ0) is 22.1. The molecule has 31 heavy (non-hydrogen) atoms. The molecule has 0 spiro atoms. The Balaban J connectivity index is 1.45. The summed E-state index contributed by atoms with van der Waals surface area (Å²) in [5.74, 6) is 0.468. The van der Waals surface area contributed by atoms with Gasteiger partial charge in [-0.15, -0.1) is 0 Å². The summed E-state index contributed by atoms with van der Waals surface area (Å²) in [6.45, 7) is 0.0509. The molecule has 166 valence electrons. The number of aromatic nitrogens is 2. The van der Waals surface area contributed by atoms with Crippen molar-refractivity contribution in [2.24, 2.45) is 0 Å². The number of carbonyl (C=O) groups excluding carboxylic acids is 2. The Kier molecular flexibility index (Phi) is 8.13. The fraction of sp³-hybridized carbons (Fsp3) is 0.429. The van der Waals surface area contributed by atoms with E-state index in [1.165, 1.54) is 6.33 Å². The molecule has 0 unspecified atom stereocenters. The van der Waals surface area contributed by atoms with Crippen molar-refractivity contribution in [1.82, 2.24) is 20.6 Å². The molecule has 1 aromatic heterocycles. The van der Waals surface area contributed by atoms with Crippen LogP contribution in [0.4, 0.5) is 10.5 Å². The normalized spacial score (nSPS) is 20.5. The van der Waals surface area contributed by atoms with Crippen LogP contribution in [0.3, 0.4) is 0 Å². The molecule has 3 atom stereocenters. The van der Waals surface area contributed by atoms with Gasteiger partial charge in [0.15, 0.2) is 0 Å². The molecule has 4 N–H and O–H groups in total. The second kappa shape index (κ2) is 11.2. The molecular formula is C21H27N5O5. The number of methoxy groups -OCH3 is 1. The zero-order valence-corrected chi connectivity index (χ0v) is 17.3. The highest BCUT2D eigenvalue weighted by atomic mass is 16.5. The summed E-state index contributed by atoms with van der Waals surface area (Å²) >= 11 is 0. The van der Waals surface area contributed by atoms with Crippen LogP contribution in [0.2, 0.25) is 0 Å². The molecule has 1 fully saturated rings. The molecule has 0 bridgehead atoms. The minimum absolute atomic E-state index is 0.164. The van der Waals surface area contributed by atoms with Crippen LogP contribution in [0, 0.1) is 0 Å². The van der Waals surface area contributed by atoms with Crippen molar-refractivity contribution in [3.63, 3.8) is 0 Å². The molecule has 0 saturated carbocycles. The number of aliphatic hydroxyl groups excluding tert-OH is 1. The van der Waals surface area contributed by atoms with Gasteiger partial charge in [-0.25, -0.2) is 14.8 Å². The van der Waals surface area contributed by atoms with Crippen molar-refractivity contribution in [3.05, 3.63) is 48.5 Å². The molecule has 1 aromatic carbocycles. The maximum Gasteiger partial charge on any atom is 0.319 e. The van der Waals surface area contributed by atoms with Crippen molar-refractivity contribution in [1.29, 1.82) is 0 Å². The van der Waals surface area contributed by atoms with Crippen molar-refractivity contribution in [2.75, 3.05) is 19.0 Å². The third-order valence-electron chi connectivity index (χ3n) is 4.96. The molecule has 1 saturated heterocycles. The Morgan fingerprint density at radius 3 is 2.90 bits per heavy atom. The van der Waals surface area contributed by atoms with E-state index in [4.69, 9.17) is 9.47 Å². The molecule has 2 heterocycles. The summed E-state index contributed by atoms with van der Waals surface area (Å²) in [6, 6.07) is 7.97. The fourth-order valence-corrected chi connectivity index (χ4v) is 3.37. The molecular weight excluding hydrogens is 402 g/mol. The number of hydrogen-bond donors (Lipinski definition) is 4. The lowest BCUT2D eigenvalue weighted by Crippen LogP contribution is -2.52. The predicted octanol–water partition coefficient (Wildman–Crippen LogP) is 1.22. The van der Waals surface area contributed by atoms with Crippen LogP contribution in [-0.4, -0.2) is 59.0 Å². The van der Waals surface area contributed by atoms with E-state index in [9.17, 15) is 14.7 Å². The first kappa shape index (κ1) is 22.4. The molecule has 10 nitrogen and oxygen atoms in total. The van der Waals surface area contributed by atoms with Gasteiger partial charge in [0, 0.05) is 18.0 Å². The van der Waals surface area contributed by atoms with Crippen molar-refractivity contribution in [3.8, 4) is 5.75 Å². The third-order valence-corrected chi connectivity index (χ3v) is 4.96. The number of hydrogen-bond acceptors (Lipinski definition) is 7. The highest BCUT2D eigenvalue weighted by molar-refractivity contribution is 5.89. The van der Waals surface area contributed by atoms with Gasteiger partial charge in [0.1, 0.15) is 18.2 Å². The van der Waals surface area contributed by atoms with Crippen molar-refractivity contribution < 1.29 is 24.2 Å². The number of nitrogens with zero attached hydrogens (tertiary/aromatic N) is 2. The number of anilines is 1. The van der Waals surface area contributed by atoms with E-state index in [1.54, 1.807) is 43.6 Å². The standard InChI is InChI=1S/C21H27N5O5/c1-30-16-4-2-3-14(9-16)25-21(29)26-18-6-5-17(31-19(18)12-27)10-20(28)23-11-15-7-8-22-13-24-15/h2-4,7-9,13,17-19,27H,5-6,10-12H2,1H3,(H,23,28)(H2,25,26,29)/t17-,18-,19-/m0/s1. The summed E-state index contributed by atoms with van der Waals surface area (Å²) in [6.07, 6.45) is 3.45. The van der Waals surface area contributed by atoms with Gasteiger partial charge in [0.25, 0.3) is 0 Å². The van der Waals surface area contributed by atoms with Crippen LogP contribution in [0.1, 0.15) is 25.0 Å². The molecule has 0 aliphatic carbocycles. The molecule has 1 aliphatic heterocycles. The van der Waals surface area contributed by atoms with Gasteiger partial charge in [-0.3, -0.25) is 4.79 Å². The molecule has 10 heteroatoms. The largest absolute Gasteiger partial charge is 0.497 e. The Bertz CT molecular complexity index is 866. The van der Waals surface area contributed by atoms with Crippen LogP contribution in [-0.2, 0) is 16.1 Å². The first-order chi connectivity index (χ1) is 15.1. The minimum atomic E-state index is -0.593. The molecule has 0 radical (unpaired) electrons. The maximum absolute atomic E-state index is 12.3. The number of benzene rings is 1. The van der Waals surface area contributed by atoms with Gasteiger partial charge in [-0.05, 0) is 31.0 Å². The average molecular weight is 429 g/mol. The monoisotopic (exact) mass is 429 g/mol. The first-order valence-electron chi connectivity index (χ1n) is 10.1. The lowest BCUT2D eigenvalue weighted by atomic mass is 9.97. The van der Waals surface area contributed by atoms with E-state index in [0.29, 0.717) is 36.5 Å². The summed E-state index contributed by atoms with van der Waals surface area (Å²) in [4.78, 5) is 32.4. The van der Waals surface area contributed by atoms with Gasteiger partial charge in [-0.2, -0.15) is 0 Å². The zero-order valence-electron chi connectivity index (χ0n) is 17.3. The van der Waals surface area contributed by atoms with E-state index in [0.717, 1.165) is 0 Å². The number of carbonyl (C=O) groups is 2. The van der Waals surface area contributed by atoms with Gasteiger partial charge >= 0.3 is 6.03 Å². The Morgan fingerprint density at radius 2 is 2.16 bits per heavy atom. The molecule has 3 amide bonds. The van der Waals surface area contributed by atoms with Gasteiger partial charge in [0.05, 0.1) is 44.5 Å². The smallest absolute Gasteiger partial charge is 0.319 e. The fourth-order valence-electron chi connectivity index (χ4n) is 3.37. The van der Waals surface area contributed by atoms with E-state index >= 15 is 0 Å². The highest BCUT2D eigenvalue weighted by Crippen LogP contribution is 2.22. The average Bonchev–Trinajstić information content (AvgIpc) is 2.79. The summed E-state index contributed by atoms with van der Waals surface area (Å²) < 4.78 is 11.0. The third kappa shape index (κ3) is 6.90. The Hall–Kier alpha value is -3.24. The second-order valence-electron chi connectivity index (χ2n) is 7.17. The second-order valence-corrected chi connectivity index (χ2v) is 7.17. The number of nitrogens with one attached hydrogen (secondary N) is 3. The number of aliphatic hydroxyl groups is 1. The minimum Gasteiger partial charge on any atom is -0.497 e. The van der Waals surface area contributed by atoms with Crippen molar-refractivity contribution in [2.45, 2.75) is 44.1 Å². The van der Waals surface area contributed by atoms with Crippen LogP contribution in [0.15, 0.2) is 42.9 Å². The number of rotatable bonds is 8. The Morgan fingerprint density at radius 1 is 1.29 bits per heavy atom. The number of urea groups is 1. The van der Waals surface area contributed by atoms with Crippen molar-refractivity contribution >= 4 is 17.6 Å². The van der Waals surface area contributed by atoms with Gasteiger partial charge in [0.2, 0.25) is 5.91 Å². The SMILES string of the molecule is COc1cccc(NC(=O)N[C@H]2CC[C@@H](CC(=O)NCc3ccncn3)O[C@H]2CO)c1.